The van der Waals surface area contributed by atoms with E-state index >= 15 is 0 Å². The molecule has 2 rings (SSSR count). The number of aromatic amines is 1. The van der Waals surface area contributed by atoms with Gasteiger partial charge in [0.05, 0.1) is 9.72 Å². The van der Waals surface area contributed by atoms with Crippen LogP contribution in [0.4, 0.5) is 0 Å². The summed E-state index contributed by atoms with van der Waals surface area (Å²) in [6, 6.07) is 3.52. The maximum Gasteiger partial charge on any atom is 0.256 e. The van der Waals surface area contributed by atoms with Gasteiger partial charge in [-0.2, -0.15) is 0 Å². The summed E-state index contributed by atoms with van der Waals surface area (Å²) in [5, 5.41) is 0.669. The maximum atomic E-state index is 11.1. The Morgan fingerprint density at radius 3 is 3.09 bits per heavy atom. The Labute approximate surface area is 71.4 Å². The smallest absolute Gasteiger partial charge is 0.256 e. The molecule has 0 aliphatic rings. The SMILES string of the molecule is O=c1[nH]ccc2sc(Cl)cc12. The lowest BCUT2D eigenvalue weighted by atomic mass is 10.3. The first kappa shape index (κ1) is 6.88. The first-order valence-corrected chi connectivity index (χ1v) is 4.23. The van der Waals surface area contributed by atoms with Crippen LogP contribution in [0.1, 0.15) is 0 Å². The second-order valence-electron chi connectivity index (χ2n) is 2.14. The first-order chi connectivity index (χ1) is 5.27. The van der Waals surface area contributed by atoms with Crippen molar-refractivity contribution < 1.29 is 0 Å². The number of aromatic nitrogens is 1. The number of hydrogen-bond donors (Lipinski definition) is 1. The molecule has 2 aromatic rings. The van der Waals surface area contributed by atoms with Gasteiger partial charge in [0.25, 0.3) is 5.56 Å². The van der Waals surface area contributed by atoms with Crippen LogP contribution in [-0.2, 0) is 0 Å². The number of nitrogens with one attached hydrogen (secondary N) is 1. The molecule has 2 heterocycles. The van der Waals surface area contributed by atoms with E-state index in [9.17, 15) is 4.79 Å². The van der Waals surface area contributed by atoms with Gasteiger partial charge in [-0.15, -0.1) is 11.3 Å². The number of hydrogen-bond acceptors (Lipinski definition) is 2. The van der Waals surface area contributed by atoms with Crippen molar-refractivity contribution in [3.8, 4) is 0 Å². The van der Waals surface area contributed by atoms with Crippen molar-refractivity contribution in [2.75, 3.05) is 0 Å². The van der Waals surface area contributed by atoms with Gasteiger partial charge in [-0.25, -0.2) is 0 Å². The molecule has 4 heteroatoms. The van der Waals surface area contributed by atoms with Crippen molar-refractivity contribution in [3.63, 3.8) is 0 Å². The van der Waals surface area contributed by atoms with Crippen LogP contribution in [0.5, 0.6) is 0 Å². The summed E-state index contributed by atoms with van der Waals surface area (Å²) in [5.74, 6) is 0. The van der Waals surface area contributed by atoms with Crippen molar-refractivity contribution in [2.45, 2.75) is 0 Å². The predicted octanol–water partition coefficient (Wildman–Crippen LogP) is 2.24. The van der Waals surface area contributed by atoms with Gasteiger partial charge in [-0.3, -0.25) is 4.79 Å². The monoisotopic (exact) mass is 185 g/mol. The van der Waals surface area contributed by atoms with E-state index in [2.05, 4.69) is 4.98 Å². The van der Waals surface area contributed by atoms with Gasteiger partial charge in [0.15, 0.2) is 0 Å². The summed E-state index contributed by atoms with van der Waals surface area (Å²) >= 11 is 7.13. The Kier molecular flexibility index (Phi) is 1.47. The summed E-state index contributed by atoms with van der Waals surface area (Å²) in [7, 11) is 0. The van der Waals surface area contributed by atoms with Gasteiger partial charge >= 0.3 is 0 Å². The topological polar surface area (TPSA) is 32.9 Å². The third kappa shape index (κ3) is 1.06. The van der Waals surface area contributed by atoms with E-state index in [1.165, 1.54) is 11.3 Å². The van der Waals surface area contributed by atoms with Crippen molar-refractivity contribution in [1.29, 1.82) is 0 Å². The molecule has 0 radical (unpaired) electrons. The van der Waals surface area contributed by atoms with E-state index < -0.39 is 0 Å². The lowest BCUT2D eigenvalue weighted by Gasteiger charge is -1.82. The normalized spacial score (nSPS) is 10.6. The van der Waals surface area contributed by atoms with E-state index in [4.69, 9.17) is 11.6 Å². The number of rotatable bonds is 0. The van der Waals surface area contributed by atoms with E-state index in [1.807, 2.05) is 6.07 Å². The molecule has 0 aromatic carbocycles. The fourth-order valence-electron chi connectivity index (χ4n) is 0.946. The minimum absolute atomic E-state index is 0.0781. The lowest BCUT2D eigenvalue weighted by molar-refractivity contribution is 1.28. The van der Waals surface area contributed by atoms with Crippen LogP contribution in [0.25, 0.3) is 10.1 Å². The van der Waals surface area contributed by atoms with Gasteiger partial charge < -0.3 is 4.98 Å². The lowest BCUT2D eigenvalue weighted by Crippen LogP contribution is -2.01. The molecule has 0 atom stereocenters. The molecule has 0 saturated heterocycles. The van der Waals surface area contributed by atoms with Gasteiger partial charge in [-0.1, -0.05) is 11.6 Å². The molecule has 0 saturated carbocycles. The van der Waals surface area contributed by atoms with E-state index in [-0.39, 0.29) is 5.56 Å². The van der Waals surface area contributed by atoms with Crippen molar-refractivity contribution in [3.05, 3.63) is 33.0 Å². The number of H-pyrrole nitrogens is 1. The van der Waals surface area contributed by atoms with Crippen LogP contribution in [0.3, 0.4) is 0 Å². The second kappa shape index (κ2) is 2.36. The van der Waals surface area contributed by atoms with Crippen LogP contribution < -0.4 is 5.56 Å². The number of thiophene rings is 1. The Balaban J connectivity index is 3.02. The quantitative estimate of drug-likeness (QED) is 0.671. The molecule has 0 spiro atoms. The molecule has 0 fully saturated rings. The predicted molar refractivity (Wildman–Crippen MR) is 47.5 cm³/mol. The average Bonchev–Trinajstić information content (AvgIpc) is 2.31. The van der Waals surface area contributed by atoms with Crippen LogP contribution >= 0.6 is 22.9 Å². The number of pyridine rings is 1. The minimum Gasteiger partial charge on any atom is -0.329 e. The Bertz CT molecular complexity index is 445. The Morgan fingerprint density at radius 2 is 2.36 bits per heavy atom. The average molecular weight is 186 g/mol. The molecule has 0 bridgehead atoms. The highest BCUT2D eigenvalue weighted by Gasteiger charge is 2.00. The molecule has 1 N–H and O–H groups in total. The third-order valence-corrected chi connectivity index (χ3v) is 2.65. The van der Waals surface area contributed by atoms with Crippen LogP contribution in [0.2, 0.25) is 4.34 Å². The van der Waals surface area contributed by atoms with Gasteiger partial charge in [-0.05, 0) is 12.1 Å². The highest BCUT2D eigenvalue weighted by Crippen LogP contribution is 2.25. The largest absolute Gasteiger partial charge is 0.329 e. The highest BCUT2D eigenvalue weighted by atomic mass is 35.5. The molecular weight excluding hydrogens is 182 g/mol. The highest BCUT2D eigenvalue weighted by molar-refractivity contribution is 7.22. The molecule has 0 unspecified atom stereocenters. The third-order valence-electron chi connectivity index (χ3n) is 1.42. The van der Waals surface area contributed by atoms with Gasteiger partial charge in [0.1, 0.15) is 0 Å². The van der Waals surface area contributed by atoms with Crippen LogP contribution in [0.15, 0.2) is 23.1 Å². The molecule has 2 nitrogen and oxygen atoms in total. The summed E-state index contributed by atoms with van der Waals surface area (Å²) in [5.41, 5.74) is -0.0781. The fraction of sp³-hybridized carbons (Fsp3) is 0. The van der Waals surface area contributed by atoms with Crippen LogP contribution in [-0.4, -0.2) is 4.98 Å². The Morgan fingerprint density at radius 1 is 1.55 bits per heavy atom. The number of halogens is 1. The van der Waals surface area contributed by atoms with E-state index in [0.717, 1.165) is 4.70 Å². The standard InChI is InChI=1S/C7H4ClNOS/c8-6-3-4-5(11-6)1-2-9-7(4)10/h1-3H,(H,9,10). The van der Waals surface area contributed by atoms with E-state index in [1.54, 1.807) is 12.3 Å². The minimum atomic E-state index is -0.0781. The van der Waals surface area contributed by atoms with Crippen LogP contribution in [0, 0.1) is 0 Å². The molecule has 56 valence electrons. The van der Waals surface area contributed by atoms with Crippen molar-refractivity contribution in [1.82, 2.24) is 4.98 Å². The summed E-state index contributed by atoms with van der Waals surface area (Å²) in [6.07, 6.45) is 1.62. The van der Waals surface area contributed by atoms with E-state index in [0.29, 0.717) is 9.72 Å². The second-order valence-corrected chi connectivity index (χ2v) is 3.85. The molecule has 0 aliphatic carbocycles. The maximum absolute atomic E-state index is 11.1. The molecule has 11 heavy (non-hydrogen) atoms. The number of fused-ring (bicyclic) bond motifs is 1. The zero-order valence-corrected chi connectivity index (χ0v) is 7.00. The zero-order valence-electron chi connectivity index (χ0n) is 5.43. The summed E-state index contributed by atoms with van der Waals surface area (Å²) in [6.45, 7) is 0. The fourth-order valence-corrected chi connectivity index (χ4v) is 2.09. The molecule has 2 aromatic heterocycles. The molecule has 0 amide bonds. The molecule has 0 aliphatic heterocycles. The van der Waals surface area contributed by atoms with Crippen molar-refractivity contribution >= 4 is 33.0 Å². The first-order valence-electron chi connectivity index (χ1n) is 3.04. The molecular formula is C7H4ClNOS. The summed E-state index contributed by atoms with van der Waals surface area (Å²) < 4.78 is 1.58. The van der Waals surface area contributed by atoms with Gasteiger partial charge in [0.2, 0.25) is 0 Å². The zero-order chi connectivity index (χ0) is 7.84. The van der Waals surface area contributed by atoms with Crippen molar-refractivity contribution in [2.24, 2.45) is 0 Å². The summed E-state index contributed by atoms with van der Waals surface area (Å²) in [4.78, 5) is 13.7. The van der Waals surface area contributed by atoms with Gasteiger partial charge in [0, 0.05) is 10.9 Å². The Hall–Kier alpha value is -0.800.